The molecule has 2 rings (SSSR count). The van der Waals surface area contributed by atoms with Gasteiger partial charge in [0.25, 0.3) is 5.91 Å². The molecule has 0 bridgehead atoms. The first-order chi connectivity index (χ1) is 6.40. The van der Waals surface area contributed by atoms with Crippen LogP contribution in [0, 0.1) is 5.41 Å². The Morgan fingerprint density at radius 1 is 1.47 bits per heavy atom. The summed E-state index contributed by atoms with van der Waals surface area (Å²) in [5.41, 5.74) is 0.305. The summed E-state index contributed by atoms with van der Waals surface area (Å²) in [4.78, 5) is 11.4. The van der Waals surface area contributed by atoms with Crippen LogP contribution in [0.2, 0.25) is 0 Å². The molecule has 15 heavy (non-hydrogen) atoms. The molecule has 2 fully saturated rings. The molecule has 1 spiro atoms. The smallest absolute Gasteiger partial charge is 0.250 e. The summed E-state index contributed by atoms with van der Waals surface area (Å²) < 4.78 is 23.6. The zero-order chi connectivity index (χ0) is 10.4. The van der Waals surface area contributed by atoms with Gasteiger partial charge in [0.2, 0.25) is 10.0 Å². The number of hydrogen-bond acceptors (Lipinski definition) is 4. The van der Waals surface area contributed by atoms with E-state index in [0.29, 0.717) is 5.41 Å². The van der Waals surface area contributed by atoms with Crippen molar-refractivity contribution in [3.05, 3.63) is 0 Å². The number of carbonyl (C=O) groups excluding carboxylic acids is 1. The van der Waals surface area contributed by atoms with Crippen molar-refractivity contribution in [3.63, 3.8) is 0 Å². The number of hydrogen-bond donors (Lipinski definition) is 2. The van der Waals surface area contributed by atoms with Crippen molar-refractivity contribution in [3.8, 4) is 0 Å². The summed E-state index contributed by atoms with van der Waals surface area (Å²) in [5.74, 6) is -0.420. The second-order valence-corrected chi connectivity index (χ2v) is 6.12. The Morgan fingerprint density at radius 2 is 2.07 bits per heavy atom. The van der Waals surface area contributed by atoms with E-state index < -0.39 is 15.9 Å². The summed E-state index contributed by atoms with van der Waals surface area (Å²) in [7, 11) is -3.42. The Balaban J connectivity index is 0.00000112. The molecule has 1 heterocycles. The summed E-state index contributed by atoms with van der Waals surface area (Å²) in [6.07, 6.45) is 4.08. The van der Waals surface area contributed by atoms with E-state index >= 15 is 0 Å². The molecule has 5 nitrogen and oxygen atoms in total. The lowest BCUT2D eigenvalue weighted by Crippen LogP contribution is -2.42. The first-order valence-electron chi connectivity index (χ1n) is 4.65. The molecule has 1 aliphatic heterocycles. The highest BCUT2D eigenvalue weighted by molar-refractivity contribution is 7.89. The summed E-state index contributed by atoms with van der Waals surface area (Å²) >= 11 is 0. The van der Waals surface area contributed by atoms with Crippen molar-refractivity contribution >= 4 is 28.3 Å². The van der Waals surface area contributed by atoms with Crippen molar-refractivity contribution in [1.29, 1.82) is 0 Å². The van der Waals surface area contributed by atoms with Crippen molar-refractivity contribution in [2.24, 2.45) is 5.41 Å². The number of rotatable bonds is 2. The monoisotopic (exact) mass is 254 g/mol. The van der Waals surface area contributed by atoms with Gasteiger partial charge in [0.15, 0.2) is 0 Å². The molecule has 2 N–H and O–H groups in total. The lowest BCUT2D eigenvalue weighted by Gasteiger charge is -2.09. The third-order valence-electron chi connectivity index (χ3n) is 2.92. The fraction of sp³-hybridized carbons (Fsp3) is 0.875. The van der Waals surface area contributed by atoms with Gasteiger partial charge in [0.05, 0.1) is 12.3 Å². The minimum atomic E-state index is -3.42. The molecule has 88 valence electrons. The minimum Gasteiger partial charge on any atom is -0.305 e. The normalized spacial score (nSPS) is 27.1. The van der Waals surface area contributed by atoms with Crippen LogP contribution >= 0.6 is 12.4 Å². The van der Waals surface area contributed by atoms with E-state index in [1.54, 1.807) is 0 Å². The van der Waals surface area contributed by atoms with Gasteiger partial charge in [-0.2, -0.15) is 0 Å². The predicted octanol–water partition coefficient (Wildman–Crippen LogP) is -0.374. The average molecular weight is 255 g/mol. The summed E-state index contributed by atoms with van der Waals surface area (Å²) in [6.45, 7) is 0.842. The maximum absolute atomic E-state index is 11.4. The highest BCUT2D eigenvalue weighted by atomic mass is 35.5. The van der Waals surface area contributed by atoms with Crippen molar-refractivity contribution in [2.45, 2.75) is 25.3 Å². The predicted molar refractivity (Wildman–Crippen MR) is 58.3 cm³/mol. The van der Waals surface area contributed by atoms with Crippen LogP contribution in [0.5, 0.6) is 0 Å². The number of halogens is 1. The van der Waals surface area contributed by atoms with Crippen LogP contribution in [0.4, 0.5) is 0 Å². The fourth-order valence-corrected chi connectivity index (χ4v) is 2.42. The van der Waals surface area contributed by atoms with Crippen LogP contribution < -0.4 is 10.0 Å². The average Bonchev–Trinajstić information content (AvgIpc) is 2.57. The van der Waals surface area contributed by atoms with Crippen LogP contribution in [-0.4, -0.2) is 33.2 Å². The molecule has 1 saturated carbocycles. The Morgan fingerprint density at radius 3 is 2.47 bits per heavy atom. The Kier molecular flexibility index (Phi) is 3.33. The van der Waals surface area contributed by atoms with Crippen molar-refractivity contribution < 1.29 is 13.2 Å². The quantitative estimate of drug-likeness (QED) is 0.705. The Hall–Kier alpha value is -0.330. The van der Waals surface area contributed by atoms with Gasteiger partial charge in [-0.3, -0.25) is 9.52 Å². The van der Waals surface area contributed by atoms with E-state index in [0.717, 1.165) is 32.1 Å². The molecule has 1 unspecified atom stereocenters. The molecule has 1 saturated heterocycles. The molecule has 0 aromatic rings. The van der Waals surface area contributed by atoms with Gasteiger partial charge in [-0.25, -0.2) is 8.42 Å². The standard InChI is InChI=1S/C8H14N2O3S.ClH/c1-14(12,13)10-7(11)6-4-8(2-3-8)5-9-6;/h6,9H,2-5H2,1H3,(H,10,11);1H. The fourth-order valence-electron chi connectivity index (χ4n) is 1.91. The van der Waals surface area contributed by atoms with E-state index in [9.17, 15) is 13.2 Å². The molecule has 1 amide bonds. The van der Waals surface area contributed by atoms with Crippen LogP contribution in [-0.2, 0) is 14.8 Å². The molecule has 1 atom stereocenters. The topological polar surface area (TPSA) is 75.3 Å². The largest absolute Gasteiger partial charge is 0.305 e. The molecule has 1 aliphatic carbocycles. The third kappa shape index (κ3) is 3.06. The number of sulfonamides is 1. The first kappa shape index (κ1) is 12.7. The van der Waals surface area contributed by atoms with Crippen molar-refractivity contribution in [1.82, 2.24) is 10.0 Å². The number of amides is 1. The molecule has 0 radical (unpaired) electrons. The van der Waals surface area contributed by atoms with Crippen LogP contribution in [0.1, 0.15) is 19.3 Å². The lowest BCUT2D eigenvalue weighted by molar-refractivity contribution is -0.121. The van der Waals surface area contributed by atoms with Crippen molar-refractivity contribution in [2.75, 3.05) is 12.8 Å². The van der Waals surface area contributed by atoms with E-state index in [4.69, 9.17) is 0 Å². The number of nitrogens with one attached hydrogen (secondary N) is 2. The third-order valence-corrected chi connectivity index (χ3v) is 3.49. The van der Waals surface area contributed by atoms with Gasteiger partial charge in [0, 0.05) is 6.54 Å². The van der Waals surface area contributed by atoms with E-state index in [-0.39, 0.29) is 18.4 Å². The summed E-state index contributed by atoms with van der Waals surface area (Å²) in [5, 5.41) is 3.06. The maximum Gasteiger partial charge on any atom is 0.250 e. The Labute approximate surface area is 95.5 Å². The molecular weight excluding hydrogens is 240 g/mol. The zero-order valence-corrected chi connectivity index (χ0v) is 10.1. The second-order valence-electron chi connectivity index (χ2n) is 4.38. The van der Waals surface area contributed by atoms with Gasteiger partial charge in [-0.1, -0.05) is 0 Å². The highest BCUT2D eigenvalue weighted by Crippen LogP contribution is 2.51. The first-order valence-corrected chi connectivity index (χ1v) is 6.54. The van der Waals surface area contributed by atoms with Crippen LogP contribution in [0.15, 0.2) is 0 Å². The maximum atomic E-state index is 11.4. The van der Waals surface area contributed by atoms with Gasteiger partial charge < -0.3 is 5.32 Å². The van der Waals surface area contributed by atoms with Crippen LogP contribution in [0.3, 0.4) is 0 Å². The van der Waals surface area contributed by atoms with E-state index in [1.807, 2.05) is 4.72 Å². The Bertz CT molecular complexity index is 364. The highest BCUT2D eigenvalue weighted by Gasteiger charge is 2.50. The SMILES string of the molecule is CS(=O)(=O)NC(=O)C1CC2(CC2)CN1.Cl. The molecule has 7 heteroatoms. The van der Waals surface area contributed by atoms with E-state index in [2.05, 4.69) is 5.32 Å². The van der Waals surface area contributed by atoms with Gasteiger partial charge >= 0.3 is 0 Å². The number of carbonyl (C=O) groups is 1. The zero-order valence-electron chi connectivity index (χ0n) is 8.45. The molecule has 0 aromatic carbocycles. The van der Waals surface area contributed by atoms with Gasteiger partial charge in [0.1, 0.15) is 0 Å². The summed E-state index contributed by atoms with van der Waals surface area (Å²) in [6, 6.07) is -0.327. The van der Waals surface area contributed by atoms with Crippen LogP contribution in [0.25, 0.3) is 0 Å². The lowest BCUT2D eigenvalue weighted by atomic mass is 10.0. The van der Waals surface area contributed by atoms with E-state index in [1.165, 1.54) is 0 Å². The van der Waals surface area contributed by atoms with Gasteiger partial charge in [-0.05, 0) is 24.7 Å². The van der Waals surface area contributed by atoms with Gasteiger partial charge in [-0.15, -0.1) is 12.4 Å². The molecular formula is C8H15ClN2O3S. The second kappa shape index (κ2) is 3.92. The minimum absolute atomic E-state index is 0. The molecule has 2 aliphatic rings. The molecule has 0 aromatic heterocycles.